The van der Waals surface area contributed by atoms with Crippen LogP contribution in [0.3, 0.4) is 0 Å². The van der Waals surface area contributed by atoms with E-state index in [-0.39, 0.29) is 36.2 Å². The molecule has 7 nitrogen and oxygen atoms in total. The summed E-state index contributed by atoms with van der Waals surface area (Å²) in [6.07, 6.45) is 0.611. The lowest BCUT2D eigenvalue weighted by molar-refractivity contribution is 0.0397. The summed E-state index contributed by atoms with van der Waals surface area (Å²) < 4.78 is 24.8. The summed E-state index contributed by atoms with van der Waals surface area (Å²) in [5.41, 5.74) is 0.349. The standard InChI is InChI=1S/C13H16O7/c1-16-7-19-10-4-9(6-14)5-11(20-8-17-2)12(10)13(15)18-3/h4-6H,7-8H2,1-3H3. The zero-order valence-electron chi connectivity index (χ0n) is 11.5. The molecule has 0 unspecified atom stereocenters. The van der Waals surface area contributed by atoms with Crippen LogP contribution in [0.5, 0.6) is 11.5 Å². The van der Waals surface area contributed by atoms with Crippen LogP contribution in [-0.2, 0) is 14.2 Å². The Morgan fingerprint density at radius 1 is 1.05 bits per heavy atom. The Bertz CT molecular complexity index is 441. The van der Waals surface area contributed by atoms with Crippen LogP contribution in [0.15, 0.2) is 12.1 Å². The van der Waals surface area contributed by atoms with Gasteiger partial charge in [0, 0.05) is 19.8 Å². The number of benzene rings is 1. The second-order valence-electron chi connectivity index (χ2n) is 3.60. The van der Waals surface area contributed by atoms with E-state index < -0.39 is 5.97 Å². The molecule has 0 N–H and O–H groups in total. The van der Waals surface area contributed by atoms with Gasteiger partial charge in [-0.05, 0) is 12.1 Å². The normalized spacial score (nSPS) is 9.95. The van der Waals surface area contributed by atoms with E-state index in [1.165, 1.54) is 33.5 Å². The van der Waals surface area contributed by atoms with E-state index in [0.29, 0.717) is 6.29 Å². The van der Waals surface area contributed by atoms with Crippen LogP contribution >= 0.6 is 0 Å². The van der Waals surface area contributed by atoms with Gasteiger partial charge in [0.1, 0.15) is 23.3 Å². The predicted molar refractivity (Wildman–Crippen MR) is 68.2 cm³/mol. The second-order valence-corrected chi connectivity index (χ2v) is 3.60. The third-order valence-corrected chi connectivity index (χ3v) is 2.28. The molecule has 0 spiro atoms. The van der Waals surface area contributed by atoms with Crippen molar-refractivity contribution in [2.45, 2.75) is 0 Å². The van der Waals surface area contributed by atoms with E-state index in [1.54, 1.807) is 0 Å². The monoisotopic (exact) mass is 284 g/mol. The predicted octanol–water partition coefficient (Wildman–Crippen LogP) is 1.25. The van der Waals surface area contributed by atoms with Crippen LogP contribution in [0.4, 0.5) is 0 Å². The van der Waals surface area contributed by atoms with Crippen molar-refractivity contribution in [2.24, 2.45) is 0 Å². The van der Waals surface area contributed by atoms with Gasteiger partial charge in [-0.3, -0.25) is 4.79 Å². The van der Waals surface area contributed by atoms with Crippen LogP contribution < -0.4 is 9.47 Å². The Kier molecular flexibility index (Phi) is 6.48. The summed E-state index contributed by atoms with van der Waals surface area (Å²) in [5.74, 6) is -0.386. The van der Waals surface area contributed by atoms with Crippen molar-refractivity contribution in [2.75, 3.05) is 34.9 Å². The molecule has 0 heterocycles. The number of hydrogen-bond acceptors (Lipinski definition) is 7. The van der Waals surface area contributed by atoms with Crippen molar-refractivity contribution in [3.05, 3.63) is 23.3 Å². The summed E-state index contributed by atoms with van der Waals surface area (Å²) in [6, 6.07) is 2.80. The SMILES string of the molecule is COCOc1cc(C=O)cc(OCOC)c1C(=O)OC. The molecule has 0 atom stereocenters. The van der Waals surface area contributed by atoms with E-state index in [2.05, 4.69) is 4.74 Å². The van der Waals surface area contributed by atoms with Crippen LogP contribution in [0.2, 0.25) is 0 Å². The molecule has 0 saturated heterocycles. The molecule has 0 aliphatic carbocycles. The fourth-order valence-corrected chi connectivity index (χ4v) is 1.45. The Morgan fingerprint density at radius 3 is 1.90 bits per heavy atom. The first kappa shape index (κ1) is 15.9. The average Bonchev–Trinajstić information content (AvgIpc) is 2.49. The Balaban J connectivity index is 3.28. The average molecular weight is 284 g/mol. The molecule has 110 valence electrons. The molecule has 1 aromatic carbocycles. The van der Waals surface area contributed by atoms with Crippen LogP contribution in [0.25, 0.3) is 0 Å². The fraction of sp³-hybridized carbons (Fsp3) is 0.385. The van der Waals surface area contributed by atoms with Crippen LogP contribution in [-0.4, -0.2) is 47.2 Å². The molecule has 0 bridgehead atoms. The van der Waals surface area contributed by atoms with Gasteiger partial charge >= 0.3 is 5.97 Å². The highest BCUT2D eigenvalue weighted by Gasteiger charge is 2.21. The minimum atomic E-state index is -0.653. The molecule has 0 aliphatic rings. The van der Waals surface area contributed by atoms with E-state index in [0.717, 1.165) is 0 Å². The number of ether oxygens (including phenoxy) is 5. The van der Waals surface area contributed by atoms with Gasteiger partial charge in [0.15, 0.2) is 13.6 Å². The Morgan fingerprint density at radius 2 is 1.55 bits per heavy atom. The van der Waals surface area contributed by atoms with Gasteiger partial charge in [-0.25, -0.2) is 4.79 Å². The minimum absolute atomic E-state index is 0.0622. The third kappa shape index (κ3) is 3.94. The van der Waals surface area contributed by atoms with Crippen molar-refractivity contribution < 1.29 is 33.3 Å². The van der Waals surface area contributed by atoms with Gasteiger partial charge in [0.05, 0.1) is 7.11 Å². The quantitative estimate of drug-likeness (QED) is 0.403. The molecule has 0 aliphatic heterocycles. The number of carbonyl (C=O) groups is 2. The lowest BCUT2D eigenvalue weighted by atomic mass is 10.1. The maximum absolute atomic E-state index is 11.8. The number of rotatable bonds is 8. The zero-order valence-corrected chi connectivity index (χ0v) is 11.5. The minimum Gasteiger partial charge on any atom is -0.466 e. The summed E-state index contributed by atoms with van der Waals surface area (Å²) in [6.45, 7) is -0.175. The van der Waals surface area contributed by atoms with Gasteiger partial charge < -0.3 is 23.7 Å². The van der Waals surface area contributed by atoms with Gasteiger partial charge in [-0.2, -0.15) is 0 Å². The summed E-state index contributed by atoms with van der Waals surface area (Å²) in [5, 5.41) is 0. The molecule has 1 rings (SSSR count). The molecule has 0 saturated carbocycles. The second kappa shape index (κ2) is 8.13. The molecule has 0 aromatic heterocycles. The van der Waals surface area contributed by atoms with Crippen LogP contribution in [0.1, 0.15) is 20.7 Å². The van der Waals surface area contributed by atoms with Crippen LogP contribution in [0, 0.1) is 0 Å². The van der Waals surface area contributed by atoms with Gasteiger partial charge in [-0.1, -0.05) is 0 Å². The summed E-state index contributed by atoms with van der Waals surface area (Å²) in [7, 11) is 4.10. The molecular weight excluding hydrogens is 268 g/mol. The van der Waals surface area contributed by atoms with E-state index >= 15 is 0 Å². The number of aldehydes is 1. The maximum atomic E-state index is 11.8. The van der Waals surface area contributed by atoms with E-state index in [4.69, 9.17) is 18.9 Å². The largest absolute Gasteiger partial charge is 0.466 e. The zero-order chi connectivity index (χ0) is 15.0. The fourth-order valence-electron chi connectivity index (χ4n) is 1.45. The number of hydrogen-bond donors (Lipinski definition) is 0. The smallest absolute Gasteiger partial charge is 0.345 e. The molecule has 0 fully saturated rings. The van der Waals surface area contributed by atoms with Crippen molar-refractivity contribution in [3.8, 4) is 11.5 Å². The van der Waals surface area contributed by atoms with Crippen molar-refractivity contribution in [1.29, 1.82) is 0 Å². The molecule has 1 aromatic rings. The Labute approximate surface area is 116 Å². The molecule has 20 heavy (non-hydrogen) atoms. The highest BCUT2D eigenvalue weighted by molar-refractivity contribution is 5.97. The third-order valence-electron chi connectivity index (χ3n) is 2.28. The molecule has 7 heteroatoms. The van der Waals surface area contributed by atoms with Crippen molar-refractivity contribution in [3.63, 3.8) is 0 Å². The maximum Gasteiger partial charge on any atom is 0.345 e. The topological polar surface area (TPSA) is 80.3 Å². The number of carbonyl (C=O) groups excluding carboxylic acids is 2. The van der Waals surface area contributed by atoms with E-state index in [1.807, 2.05) is 0 Å². The summed E-state index contributed by atoms with van der Waals surface area (Å²) >= 11 is 0. The highest BCUT2D eigenvalue weighted by atomic mass is 16.7. The molecule has 0 amide bonds. The molecule has 0 radical (unpaired) electrons. The first-order chi connectivity index (χ1) is 9.67. The summed E-state index contributed by atoms with van der Waals surface area (Å²) in [4.78, 5) is 22.7. The molecular formula is C13H16O7. The first-order valence-corrected chi connectivity index (χ1v) is 5.63. The number of methoxy groups -OCH3 is 3. The Hall–Kier alpha value is -2.12. The van der Waals surface area contributed by atoms with Gasteiger partial charge in [0.25, 0.3) is 0 Å². The number of esters is 1. The van der Waals surface area contributed by atoms with Crippen molar-refractivity contribution >= 4 is 12.3 Å². The lowest BCUT2D eigenvalue weighted by Gasteiger charge is -2.15. The van der Waals surface area contributed by atoms with Crippen molar-refractivity contribution in [1.82, 2.24) is 0 Å². The first-order valence-electron chi connectivity index (χ1n) is 5.63. The lowest BCUT2D eigenvalue weighted by Crippen LogP contribution is -2.12. The van der Waals surface area contributed by atoms with E-state index in [9.17, 15) is 9.59 Å². The van der Waals surface area contributed by atoms with Gasteiger partial charge in [0.2, 0.25) is 0 Å². The highest BCUT2D eigenvalue weighted by Crippen LogP contribution is 2.31. The van der Waals surface area contributed by atoms with Gasteiger partial charge in [-0.15, -0.1) is 0 Å².